The van der Waals surface area contributed by atoms with E-state index in [1.165, 1.54) is 41.7 Å². The van der Waals surface area contributed by atoms with Crippen LogP contribution in [0.2, 0.25) is 0 Å². The topological polar surface area (TPSA) is 131 Å². The molecule has 0 spiro atoms. The number of aliphatic hydroxyl groups excluding tert-OH is 1. The third-order valence-electron chi connectivity index (χ3n) is 6.72. The van der Waals surface area contributed by atoms with Crippen molar-refractivity contribution in [3.05, 3.63) is 81.1 Å². The number of amides is 1. The van der Waals surface area contributed by atoms with Crippen LogP contribution in [0.1, 0.15) is 11.8 Å². The van der Waals surface area contributed by atoms with E-state index >= 15 is 0 Å². The first kappa shape index (κ1) is 25.3. The van der Waals surface area contributed by atoms with Gasteiger partial charge in [0.05, 0.1) is 18.2 Å². The van der Waals surface area contributed by atoms with Crippen molar-refractivity contribution in [3.63, 3.8) is 0 Å². The van der Waals surface area contributed by atoms with Crippen LogP contribution in [-0.4, -0.2) is 65.8 Å². The molecule has 5 rings (SSSR count). The van der Waals surface area contributed by atoms with Crippen molar-refractivity contribution in [2.75, 3.05) is 36.4 Å². The summed E-state index contributed by atoms with van der Waals surface area (Å²) in [5.41, 5.74) is 0.734. The Kier molecular flexibility index (Phi) is 6.78. The highest BCUT2D eigenvalue weighted by atomic mass is 19.1. The van der Waals surface area contributed by atoms with Gasteiger partial charge in [0.15, 0.2) is 11.2 Å². The van der Waals surface area contributed by atoms with Crippen LogP contribution in [0, 0.1) is 5.82 Å². The summed E-state index contributed by atoms with van der Waals surface area (Å²) in [6.07, 6.45) is 2.14. The molecule has 0 saturated carbocycles. The minimum absolute atomic E-state index is 0.162. The summed E-state index contributed by atoms with van der Waals surface area (Å²) in [6.45, 7) is 2.28. The predicted molar refractivity (Wildman–Crippen MR) is 138 cm³/mol. The molecule has 1 aliphatic rings. The maximum Gasteiger partial charge on any atom is 0.332 e. The van der Waals surface area contributed by atoms with Gasteiger partial charge < -0.3 is 19.9 Å². The van der Waals surface area contributed by atoms with E-state index in [1.807, 2.05) is 11.0 Å². The molecular formula is C25H27FN8O4. The number of benzene rings is 1. The number of aliphatic hydroxyl groups is 1. The third kappa shape index (κ3) is 4.80. The fourth-order valence-electron chi connectivity index (χ4n) is 4.60. The summed E-state index contributed by atoms with van der Waals surface area (Å²) < 4.78 is 17.1. The molecule has 2 N–H and O–H groups in total. The van der Waals surface area contributed by atoms with E-state index in [4.69, 9.17) is 0 Å². The van der Waals surface area contributed by atoms with Crippen molar-refractivity contribution in [1.29, 1.82) is 0 Å². The molecule has 0 bridgehead atoms. The quantitative estimate of drug-likeness (QED) is 0.373. The first-order valence-corrected chi connectivity index (χ1v) is 12.0. The van der Waals surface area contributed by atoms with E-state index in [0.29, 0.717) is 37.6 Å². The van der Waals surface area contributed by atoms with Gasteiger partial charge in [0.25, 0.3) is 5.56 Å². The van der Waals surface area contributed by atoms with Gasteiger partial charge in [0.2, 0.25) is 5.91 Å². The number of hydrogen-bond donors (Lipinski definition) is 2. The molecule has 1 fully saturated rings. The number of nitrogens with zero attached hydrogens (tertiary/aromatic N) is 7. The Morgan fingerprint density at radius 2 is 1.84 bits per heavy atom. The van der Waals surface area contributed by atoms with Crippen molar-refractivity contribution < 1.29 is 14.3 Å². The number of carbonyl (C=O) groups is 1. The predicted octanol–water partition coefficient (Wildman–Crippen LogP) is 0.420. The Labute approximate surface area is 216 Å². The minimum Gasteiger partial charge on any atom is -0.374 e. The molecule has 0 aliphatic carbocycles. The standard InChI is InChI=1S/C25H27FN8O4/c1-30-22-21(24(37)31(2)25(30)38)34(15-28-22)14-20(35)29-19-7-6-18(13-27-19)32-8-10-33(11-9-32)23(36)16-4-3-5-17(26)12-16/h3-7,12-13,15,23,36H,8-11,14H2,1-2H3,(H,27,29,35). The van der Waals surface area contributed by atoms with Gasteiger partial charge in [-0.25, -0.2) is 19.2 Å². The van der Waals surface area contributed by atoms with E-state index in [-0.39, 0.29) is 23.5 Å². The molecule has 1 saturated heterocycles. The van der Waals surface area contributed by atoms with Crippen LogP contribution in [0.25, 0.3) is 11.2 Å². The number of carbonyl (C=O) groups excluding carboxylic acids is 1. The second kappa shape index (κ2) is 10.2. The number of aromatic nitrogens is 5. The first-order valence-electron chi connectivity index (χ1n) is 12.0. The highest BCUT2D eigenvalue weighted by Crippen LogP contribution is 2.23. The molecule has 1 atom stereocenters. The zero-order valence-corrected chi connectivity index (χ0v) is 20.9. The number of hydrogen-bond acceptors (Lipinski definition) is 8. The molecule has 1 unspecified atom stereocenters. The maximum atomic E-state index is 13.5. The lowest BCUT2D eigenvalue weighted by molar-refractivity contribution is -0.116. The first-order chi connectivity index (χ1) is 18.2. The number of nitrogens with one attached hydrogen (secondary N) is 1. The molecule has 1 aliphatic heterocycles. The monoisotopic (exact) mass is 522 g/mol. The van der Waals surface area contributed by atoms with Crippen molar-refractivity contribution in [1.82, 2.24) is 28.6 Å². The Bertz CT molecular complexity index is 1600. The van der Waals surface area contributed by atoms with Crippen LogP contribution in [0.5, 0.6) is 0 Å². The molecule has 13 heteroatoms. The van der Waals surface area contributed by atoms with Crippen LogP contribution >= 0.6 is 0 Å². The van der Waals surface area contributed by atoms with Crippen LogP contribution in [0.3, 0.4) is 0 Å². The highest BCUT2D eigenvalue weighted by molar-refractivity contribution is 5.90. The lowest BCUT2D eigenvalue weighted by Crippen LogP contribution is -2.47. The van der Waals surface area contributed by atoms with Crippen LogP contribution < -0.4 is 21.5 Å². The molecule has 198 valence electrons. The number of piperazine rings is 1. The average molecular weight is 523 g/mol. The van der Waals surface area contributed by atoms with Crippen LogP contribution in [0.15, 0.2) is 58.5 Å². The Balaban J connectivity index is 1.20. The maximum absolute atomic E-state index is 13.5. The normalized spacial score (nSPS) is 15.1. The Morgan fingerprint density at radius 3 is 2.53 bits per heavy atom. The highest BCUT2D eigenvalue weighted by Gasteiger charge is 2.24. The molecule has 3 aromatic heterocycles. The molecule has 1 amide bonds. The largest absolute Gasteiger partial charge is 0.374 e. The molecule has 12 nitrogen and oxygen atoms in total. The van der Waals surface area contributed by atoms with Gasteiger partial charge in [-0.3, -0.25) is 23.6 Å². The summed E-state index contributed by atoms with van der Waals surface area (Å²) in [4.78, 5) is 49.8. The molecular weight excluding hydrogens is 495 g/mol. The number of imidazole rings is 1. The van der Waals surface area contributed by atoms with E-state index in [0.717, 1.165) is 10.3 Å². The van der Waals surface area contributed by atoms with Gasteiger partial charge in [-0.1, -0.05) is 12.1 Å². The molecule has 0 radical (unpaired) electrons. The summed E-state index contributed by atoms with van der Waals surface area (Å²) in [5.74, 6) is -0.433. The Hall–Kier alpha value is -4.36. The Morgan fingerprint density at radius 1 is 1.08 bits per heavy atom. The zero-order valence-electron chi connectivity index (χ0n) is 20.9. The van der Waals surface area contributed by atoms with Crippen molar-refractivity contribution >= 4 is 28.6 Å². The summed E-state index contributed by atoms with van der Waals surface area (Å²) in [6, 6.07) is 9.51. The molecule has 4 heterocycles. The number of fused-ring (bicyclic) bond motifs is 1. The number of halogens is 1. The number of rotatable bonds is 6. The number of anilines is 2. The van der Waals surface area contributed by atoms with E-state index in [9.17, 15) is 23.9 Å². The van der Waals surface area contributed by atoms with Gasteiger partial charge in [-0.05, 0) is 29.8 Å². The summed E-state index contributed by atoms with van der Waals surface area (Å²) in [5, 5.41) is 13.3. The van der Waals surface area contributed by atoms with Gasteiger partial charge >= 0.3 is 5.69 Å². The number of pyridine rings is 1. The second-order valence-electron chi connectivity index (χ2n) is 9.15. The fourth-order valence-corrected chi connectivity index (χ4v) is 4.60. The average Bonchev–Trinajstić information content (AvgIpc) is 3.34. The molecule has 1 aromatic carbocycles. The third-order valence-corrected chi connectivity index (χ3v) is 6.72. The molecule has 4 aromatic rings. The zero-order chi connectivity index (χ0) is 27.0. The minimum atomic E-state index is -0.874. The van der Waals surface area contributed by atoms with Crippen LogP contribution in [0.4, 0.5) is 15.9 Å². The fraction of sp³-hybridized carbons (Fsp3) is 0.320. The van der Waals surface area contributed by atoms with E-state index < -0.39 is 23.4 Å². The van der Waals surface area contributed by atoms with Gasteiger partial charge in [-0.2, -0.15) is 0 Å². The number of aryl methyl sites for hydroxylation is 1. The molecule has 38 heavy (non-hydrogen) atoms. The van der Waals surface area contributed by atoms with E-state index in [1.54, 1.807) is 24.4 Å². The van der Waals surface area contributed by atoms with Crippen molar-refractivity contribution in [3.8, 4) is 0 Å². The van der Waals surface area contributed by atoms with Gasteiger partial charge in [0.1, 0.15) is 24.4 Å². The summed E-state index contributed by atoms with van der Waals surface area (Å²) in [7, 11) is 2.89. The van der Waals surface area contributed by atoms with Crippen molar-refractivity contribution in [2.24, 2.45) is 14.1 Å². The lowest BCUT2D eigenvalue weighted by Gasteiger charge is -2.38. The van der Waals surface area contributed by atoms with E-state index in [2.05, 4.69) is 20.2 Å². The smallest absolute Gasteiger partial charge is 0.332 e. The lowest BCUT2D eigenvalue weighted by atomic mass is 10.1. The SMILES string of the molecule is Cn1c(=O)c2c(ncn2CC(=O)Nc2ccc(N3CCN(C(O)c4cccc(F)c4)CC3)cn2)n(C)c1=O. The second-order valence-corrected chi connectivity index (χ2v) is 9.15. The van der Waals surface area contributed by atoms with Gasteiger partial charge in [0, 0.05) is 40.3 Å². The van der Waals surface area contributed by atoms with Crippen LogP contribution in [-0.2, 0) is 25.4 Å². The van der Waals surface area contributed by atoms with Gasteiger partial charge in [-0.15, -0.1) is 0 Å². The van der Waals surface area contributed by atoms with Crippen molar-refractivity contribution in [2.45, 2.75) is 12.8 Å². The summed E-state index contributed by atoms with van der Waals surface area (Å²) >= 11 is 0.